The van der Waals surface area contributed by atoms with Crippen LogP contribution in [0.5, 0.6) is 0 Å². The molecule has 18 heavy (non-hydrogen) atoms. The van der Waals surface area contributed by atoms with Gasteiger partial charge in [0.15, 0.2) is 0 Å². The molecule has 0 radical (unpaired) electrons. The zero-order valence-electron chi connectivity index (χ0n) is 11.4. The lowest BCUT2D eigenvalue weighted by molar-refractivity contribution is 0.0172. The van der Waals surface area contributed by atoms with Crippen molar-refractivity contribution in [3.05, 3.63) is 30.1 Å². The van der Waals surface area contributed by atoms with Gasteiger partial charge in [-0.3, -0.25) is 4.98 Å². The highest BCUT2D eigenvalue weighted by atomic mass is 15.0. The molecular formula is C16H24N2. The maximum absolute atomic E-state index is 4.46. The second-order valence-electron chi connectivity index (χ2n) is 6.16. The summed E-state index contributed by atoms with van der Waals surface area (Å²) in [5.41, 5.74) is 1.82. The van der Waals surface area contributed by atoms with Crippen molar-refractivity contribution >= 4 is 0 Å². The molecule has 2 heteroatoms. The fourth-order valence-corrected chi connectivity index (χ4v) is 3.83. The van der Waals surface area contributed by atoms with Crippen molar-refractivity contribution in [3.63, 3.8) is 0 Å². The number of rotatable bonds is 3. The standard InChI is InChI=1S/C16H24N2/c1-13(14-7-3-6-12-17-14)18-15-8-11-16(15)9-4-2-5-10-16/h3,6-7,12-13,15,18H,2,4-5,8-11H2,1H3/t13-,15?/m1/s1. The van der Waals surface area contributed by atoms with Crippen LogP contribution >= 0.6 is 0 Å². The molecule has 2 aliphatic carbocycles. The summed E-state index contributed by atoms with van der Waals surface area (Å²) in [4.78, 5) is 4.46. The number of hydrogen-bond donors (Lipinski definition) is 1. The van der Waals surface area contributed by atoms with Crippen LogP contribution in [0.2, 0.25) is 0 Å². The minimum atomic E-state index is 0.385. The lowest BCUT2D eigenvalue weighted by Crippen LogP contribution is -2.54. The second-order valence-corrected chi connectivity index (χ2v) is 6.16. The molecule has 1 N–H and O–H groups in total. The molecule has 0 bridgehead atoms. The Morgan fingerprint density at radius 3 is 2.67 bits per heavy atom. The van der Waals surface area contributed by atoms with Gasteiger partial charge in [0.05, 0.1) is 5.69 Å². The minimum Gasteiger partial charge on any atom is -0.306 e. The van der Waals surface area contributed by atoms with Crippen LogP contribution in [0.4, 0.5) is 0 Å². The molecule has 98 valence electrons. The predicted octanol–water partition coefficient (Wildman–Crippen LogP) is 3.85. The third kappa shape index (κ3) is 2.18. The van der Waals surface area contributed by atoms with Crippen LogP contribution in [-0.4, -0.2) is 11.0 Å². The molecule has 2 aliphatic rings. The van der Waals surface area contributed by atoms with E-state index in [0.717, 1.165) is 6.04 Å². The van der Waals surface area contributed by atoms with Crippen LogP contribution in [-0.2, 0) is 0 Å². The highest BCUT2D eigenvalue weighted by molar-refractivity contribution is 5.10. The first-order valence-electron chi connectivity index (χ1n) is 7.47. The monoisotopic (exact) mass is 244 g/mol. The molecule has 1 spiro atoms. The largest absolute Gasteiger partial charge is 0.306 e. The molecule has 2 fully saturated rings. The summed E-state index contributed by atoms with van der Waals surface area (Å²) in [6, 6.07) is 7.31. The van der Waals surface area contributed by atoms with E-state index in [4.69, 9.17) is 0 Å². The maximum atomic E-state index is 4.46. The Bertz CT molecular complexity index is 381. The highest BCUT2D eigenvalue weighted by Gasteiger charge is 2.46. The van der Waals surface area contributed by atoms with E-state index < -0.39 is 0 Å². The smallest absolute Gasteiger partial charge is 0.0570 e. The molecule has 1 aromatic heterocycles. The van der Waals surface area contributed by atoms with E-state index in [1.54, 1.807) is 0 Å². The van der Waals surface area contributed by atoms with E-state index in [-0.39, 0.29) is 0 Å². The summed E-state index contributed by atoms with van der Waals surface area (Å²) in [6.45, 7) is 2.25. The van der Waals surface area contributed by atoms with Crippen LogP contribution in [0.15, 0.2) is 24.4 Å². The van der Waals surface area contributed by atoms with Crippen molar-refractivity contribution in [2.45, 2.75) is 64.0 Å². The first-order chi connectivity index (χ1) is 8.80. The molecule has 1 aromatic rings. The minimum absolute atomic E-state index is 0.385. The summed E-state index contributed by atoms with van der Waals surface area (Å²) < 4.78 is 0. The topological polar surface area (TPSA) is 24.9 Å². The van der Waals surface area contributed by atoms with Gasteiger partial charge in [0.25, 0.3) is 0 Å². The Morgan fingerprint density at radius 1 is 1.22 bits per heavy atom. The quantitative estimate of drug-likeness (QED) is 0.873. The van der Waals surface area contributed by atoms with Crippen LogP contribution in [0.3, 0.4) is 0 Å². The average molecular weight is 244 g/mol. The van der Waals surface area contributed by atoms with E-state index in [2.05, 4.69) is 29.4 Å². The SMILES string of the molecule is C[C@@H](NC1CCC12CCCCC2)c1ccccn1. The van der Waals surface area contributed by atoms with Gasteiger partial charge in [-0.05, 0) is 50.2 Å². The van der Waals surface area contributed by atoms with Crippen LogP contribution < -0.4 is 5.32 Å². The van der Waals surface area contributed by atoms with E-state index in [0.29, 0.717) is 11.5 Å². The maximum Gasteiger partial charge on any atom is 0.0570 e. The lowest BCUT2D eigenvalue weighted by Gasteiger charge is -2.53. The molecular weight excluding hydrogens is 220 g/mol. The van der Waals surface area contributed by atoms with E-state index >= 15 is 0 Å². The molecule has 2 atom stereocenters. The van der Waals surface area contributed by atoms with Crippen LogP contribution in [0.1, 0.15) is 63.6 Å². The zero-order valence-corrected chi connectivity index (χ0v) is 11.4. The van der Waals surface area contributed by atoms with Crippen molar-refractivity contribution in [3.8, 4) is 0 Å². The van der Waals surface area contributed by atoms with Gasteiger partial charge in [-0.1, -0.05) is 25.3 Å². The van der Waals surface area contributed by atoms with Gasteiger partial charge < -0.3 is 5.32 Å². The van der Waals surface area contributed by atoms with Crippen molar-refractivity contribution in [2.75, 3.05) is 0 Å². The molecule has 0 aromatic carbocycles. The highest BCUT2D eigenvalue weighted by Crippen LogP contribution is 2.52. The number of aromatic nitrogens is 1. The molecule has 1 heterocycles. The van der Waals surface area contributed by atoms with Gasteiger partial charge in [-0.2, -0.15) is 0 Å². The van der Waals surface area contributed by atoms with Gasteiger partial charge in [0.1, 0.15) is 0 Å². The normalized spacial score (nSPS) is 27.7. The Morgan fingerprint density at radius 2 is 2.06 bits per heavy atom. The van der Waals surface area contributed by atoms with Gasteiger partial charge >= 0.3 is 0 Å². The van der Waals surface area contributed by atoms with Crippen molar-refractivity contribution in [2.24, 2.45) is 5.41 Å². The molecule has 2 saturated carbocycles. The zero-order chi connectivity index (χ0) is 12.4. The Balaban J connectivity index is 1.63. The van der Waals surface area contributed by atoms with Crippen molar-refractivity contribution in [1.29, 1.82) is 0 Å². The molecule has 3 rings (SSSR count). The van der Waals surface area contributed by atoms with E-state index in [1.165, 1.54) is 50.6 Å². The Labute approximate surface area is 110 Å². The summed E-state index contributed by atoms with van der Waals surface area (Å²) in [5.74, 6) is 0. The first-order valence-corrected chi connectivity index (χ1v) is 7.47. The van der Waals surface area contributed by atoms with E-state index in [1.807, 2.05) is 12.3 Å². The van der Waals surface area contributed by atoms with Gasteiger partial charge in [-0.15, -0.1) is 0 Å². The third-order valence-electron chi connectivity index (χ3n) is 5.10. The number of nitrogens with one attached hydrogen (secondary N) is 1. The van der Waals surface area contributed by atoms with Crippen molar-refractivity contribution < 1.29 is 0 Å². The van der Waals surface area contributed by atoms with Crippen LogP contribution in [0, 0.1) is 5.41 Å². The lowest BCUT2D eigenvalue weighted by atomic mass is 9.57. The first kappa shape index (κ1) is 12.2. The van der Waals surface area contributed by atoms with Gasteiger partial charge in [-0.25, -0.2) is 0 Å². The van der Waals surface area contributed by atoms with Gasteiger partial charge in [0, 0.05) is 18.3 Å². The van der Waals surface area contributed by atoms with E-state index in [9.17, 15) is 0 Å². The Hall–Kier alpha value is -0.890. The summed E-state index contributed by atoms with van der Waals surface area (Å²) >= 11 is 0. The van der Waals surface area contributed by atoms with Crippen molar-refractivity contribution in [1.82, 2.24) is 10.3 Å². The van der Waals surface area contributed by atoms with Crippen LogP contribution in [0.25, 0.3) is 0 Å². The average Bonchev–Trinajstić information content (AvgIpc) is 2.45. The second kappa shape index (κ2) is 5.00. The molecule has 0 aliphatic heterocycles. The fraction of sp³-hybridized carbons (Fsp3) is 0.688. The predicted molar refractivity (Wildman–Crippen MR) is 74.3 cm³/mol. The summed E-state index contributed by atoms with van der Waals surface area (Å²) in [7, 11) is 0. The number of nitrogens with zero attached hydrogens (tertiary/aromatic N) is 1. The molecule has 2 nitrogen and oxygen atoms in total. The molecule has 1 unspecified atom stereocenters. The summed E-state index contributed by atoms with van der Waals surface area (Å²) in [6.07, 6.45) is 11.9. The fourth-order valence-electron chi connectivity index (χ4n) is 3.83. The molecule has 0 saturated heterocycles. The summed E-state index contributed by atoms with van der Waals surface area (Å²) in [5, 5.41) is 3.83. The third-order valence-corrected chi connectivity index (χ3v) is 5.10. The number of pyridine rings is 1. The number of hydrogen-bond acceptors (Lipinski definition) is 2. The van der Waals surface area contributed by atoms with Gasteiger partial charge in [0.2, 0.25) is 0 Å². The molecule has 0 amide bonds. The Kier molecular flexibility index (Phi) is 3.38.